The van der Waals surface area contributed by atoms with Crippen LogP contribution in [0.25, 0.3) is 0 Å². The molecular formula is C23H29ClN4O2. The zero-order valence-corrected chi connectivity index (χ0v) is 18.3. The Morgan fingerprint density at radius 2 is 1.57 bits per heavy atom. The van der Waals surface area contributed by atoms with Gasteiger partial charge in [0.05, 0.1) is 0 Å². The average molecular weight is 429 g/mol. The normalized spacial score (nSPS) is 14.6. The van der Waals surface area contributed by atoms with Crippen molar-refractivity contribution >= 4 is 34.8 Å². The van der Waals surface area contributed by atoms with Crippen LogP contribution in [-0.2, 0) is 9.59 Å². The van der Waals surface area contributed by atoms with Gasteiger partial charge in [-0.3, -0.25) is 14.5 Å². The monoisotopic (exact) mass is 428 g/mol. The van der Waals surface area contributed by atoms with Crippen LogP contribution in [0.2, 0.25) is 5.02 Å². The molecule has 1 heterocycles. The summed E-state index contributed by atoms with van der Waals surface area (Å²) in [5, 5.41) is 6.09. The number of anilines is 2. The van der Waals surface area contributed by atoms with Gasteiger partial charge in [-0.15, -0.1) is 0 Å². The summed E-state index contributed by atoms with van der Waals surface area (Å²) in [7, 11) is 0. The first-order valence-electron chi connectivity index (χ1n) is 10.3. The molecule has 160 valence electrons. The first-order valence-corrected chi connectivity index (χ1v) is 10.7. The Balaban J connectivity index is 1.36. The number of halogens is 1. The summed E-state index contributed by atoms with van der Waals surface area (Å²) in [6.45, 7) is 9.04. The summed E-state index contributed by atoms with van der Waals surface area (Å²) in [6.07, 6.45) is 0. The van der Waals surface area contributed by atoms with Crippen LogP contribution in [-0.4, -0.2) is 56.0 Å². The second-order valence-electron chi connectivity index (χ2n) is 7.79. The van der Waals surface area contributed by atoms with E-state index >= 15 is 0 Å². The van der Waals surface area contributed by atoms with Crippen molar-refractivity contribution in [3.63, 3.8) is 0 Å². The maximum atomic E-state index is 12.1. The Hall–Kier alpha value is -2.57. The summed E-state index contributed by atoms with van der Waals surface area (Å²) in [4.78, 5) is 28.8. The highest BCUT2D eigenvalue weighted by Gasteiger charge is 2.18. The molecule has 30 heavy (non-hydrogen) atoms. The molecule has 6 nitrogen and oxygen atoms in total. The van der Waals surface area contributed by atoms with E-state index < -0.39 is 11.8 Å². The molecule has 0 bridgehead atoms. The van der Waals surface area contributed by atoms with Crippen molar-refractivity contribution < 1.29 is 9.59 Å². The van der Waals surface area contributed by atoms with Gasteiger partial charge in [-0.05, 0) is 47.9 Å². The Kier molecular flexibility index (Phi) is 7.71. The van der Waals surface area contributed by atoms with Gasteiger partial charge in [-0.1, -0.05) is 37.6 Å². The van der Waals surface area contributed by atoms with E-state index in [1.165, 1.54) is 11.3 Å². The molecule has 0 aliphatic carbocycles. The second kappa shape index (κ2) is 10.5. The Bertz CT molecular complexity index is 845. The van der Waals surface area contributed by atoms with Gasteiger partial charge in [0, 0.05) is 55.7 Å². The molecule has 2 aromatic rings. The predicted octanol–water partition coefficient (Wildman–Crippen LogP) is 3.34. The maximum absolute atomic E-state index is 12.1. The SMILES string of the molecule is CC(C)c1ccc(NC(=O)C(=O)NCCN2CCN(c3ccc(Cl)cc3)CC2)cc1. The molecule has 0 atom stereocenters. The van der Waals surface area contributed by atoms with Crippen LogP contribution < -0.4 is 15.5 Å². The largest absolute Gasteiger partial charge is 0.369 e. The van der Waals surface area contributed by atoms with Gasteiger partial charge < -0.3 is 15.5 Å². The molecule has 1 aliphatic rings. The third kappa shape index (κ3) is 6.21. The van der Waals surface area contributed by atoms with E-state index in [1.807, 2.05) is 48.5 Å². The van der Waals surface area contributed by atoms with Crippen LogP contribution in [0.15, 0.2) is 48.5 Å². The van der Waals surface area contributed by atoms with Gasteiger partial charge in [0.2, 0.25) is 0 Å². The zero-order chi connectivity index (χ0) is 21.5. The van der Waals surface area contributed by atoms with Crippen molar-refractivity contribution in [3.05, 3.63) is 59.1 Å². The van der Waals surface area contributed by atoms with Crippen molar-refractivity contribution in [2.45, 2.75) is 19.8 Å². The summed E-state index contributed by atoms with van der Waals surface area (Å²) in [5.41, 5.74) is 2.98. The number of carbonyl (C=O) groups excluding carboxylic acids is 2. The first kappa shape index (κ1) is 22.1. The topological polar surface area (TPSA) is 64.7 Å². The molecule has 0 saturated carbocycles. The highest BCUT2D eigenvalue weighted by molar-refractivity contribution is 6.39. The van der Waals surface area contributed by atoms with Crippen molar-refractivity contribution in [2.24, 2.45) is 0 Å². The average Bonchev–Trinajstić information content (AvgIpc) is 2.75. The third-order valence-electron chi connectivity index (χ3n) is 5.32. The first-order chi connectivity index (χ1) is 14.4. The van der Waals surface area contributed by atoms with E-state index in [-0.39, 0.29) is 0 Å². The minimum atomic E-state index is -0.639. The molecule has 2 aromatic carbocycles. The van der Waals surface area contributed by atoms with Gasteiger partial charge in [-0.2, -0.15) is 0 Å². The van der Waals surface area contributed by atoms with Crippen LogP contribution in [0, 0.1) is 0 Å². The fourth-order valence-electron chi connectivity index (χ4n) is 3.43. The van der Waals surface area contributed by atoms with Crippen LogP contribution in [0.3, 0.4) is 0 Å². The highest BCUT2D eigenvalue weighted by atomic mass is 35.5. The van der Waals surface area contributed by atoms with Crippen LogP contribution in [0.1, 0.15) is 25.3 Å². The molecule has 0 radical (unpaired) electrons. The van der Waals surface area contributed by atoms with Crippen LogP contribution >= 0.6 is 11.6 Å². The molecule has 2 N–H and O–H groups in total. The molecule has 1 fully saturated rings. The van der Waals surface area contributed by atoms with Gasteiger partial charge in [0.15, 0.2) is 0 Å². The number of carbonyl (C=O) groups is 2. The maximum Gasteiger partial charge on any atom is 0.313 e. The van der Waals surface area contributed by atoms with Crippen molar-refractivity contribution in [3.8, 4) is 0 Å². The van der Waals surface area contributed by atoms with Gasteiger partial charge >= 0.3 is 11.8 Å². The fourth-order valence-corrected chi connectivity index (χ4v) is 3.55. The standard InChI is InChI=1S/C23H29ClN4O2/c1-17(2)18-3-7-20(8-4-18)26-23(30)22(29)25-11-12-27-13-15-28(16-14-27)21-9-5-19(24)6-10-21/h3-10,17H,11-16H2,1-2H3,(H,25,29)(H,26,30). The second-order valence-corrected chi connectivity index (χ2v) is 8.23. The molecule has 0 spiro atoms. The lowest BCUT2D eigenvalue weighted by Crippen LogP contribution is -2.49. The van der Waals surface area contributed by atoms with Crippen molar-refractivity contribution in [1.82, 2.24) is 10.2 Å². The number of rotatable bonds is 6. The lowest BCUT2D eigenvalue weighted by molar-refractivity contribution is -0.136. The molecule has 7 heteroatoms. The Morgan fingerprint density at radius 1 is 0.933 bits per heavy atom. The molecule has 1 aliphatic heterocycles. The van der Waals surface area contributed by atoms with Crippen molar-refractivity contribution in [2.75, 3.05) is 49.5 Å². The van der Waals surface area contributed by atoms with Crippen molar-refractivity contribution in [1.29, 1.82) is 0 Å². The molecule has 0 unspecified atom stereocenters. The summed E-state index contributed by atoms with van der Waals surface area (Å²) in [5.74, 6) is -0.825. The minimum absolute atomic E-state index is 0.422. The molecule has 0 aromatic heterocycles. The smallest absolute Gasteiger partial charge is 0.313 e. The zero-order valence-electron chi connectivity index (χ0n) is 17.5. The third-order valence-corrected chi connectivity index (χ3v) is 5.57. The van der Waals surface area contributed by atoms with E-state index in [1.54, 1.807) is 0 Å². The van der Waals surface area contributed by atoms with E-state index in [4.69, 9.17) is 11.6 Å². The van der Waals surface area contributed by atoms with Crippen LogP contribution in [0.5, 0.6) is 0 Å². The van der Waals surface area contributed by atoms with E-state index in [9.17, 15) is 9.59 Å². The van der Waals surface area contributed by atoms with Gasteiger partial charge in [0.1, 0.15) is 0 Å². The number of amides is 2. The van der Waals surface area contributed by atoms with E-state index in [0.717, 1.165) is 37.7 Å². The van der Waals surface area contributed by atoms with Crippen LogP contribution in [0.4, 0.5) is 11.4 Å². The summed E-state index contributed by atoms with van der Waals surface area (Å²) >= 11 is 5.95. The lowest BCUT2D eigenvalue weighted by atomic mass is 10.0. The number of hydrogen-bond donors (Lipinski definition) is 2. The number of nitrogens with zero attached hydrogens (tertiary/aromatic N) is 2. The number of nitrogens with one attached hydrogen (secondary N) is 2. The van der Waals surface area contributed by atoms with Gasteiger partial charge in [0.25, 0.3) is 0 Å². The quantitative estimate of drug-likeness (QED) is 0.692. The number of piperazine rings is 1. The molecular weight excluding hydrogens is 400 g/mol. The Labute approximate surface area is 183 Å². The highest BCUT2D eigenvalue weighted by Crippen LogP contribution is 2.19. The van der Waals surface area contributed by atoms with E-state index in [2.05, 4.69) is 34.3 Å². The summed E-state index contributed by atoms with van der Waals surface area (Å²) < 4.78 is 0. The fraction of sp³-hybridized carbons (Fsp3) is 0.391. The Morgan fingerprint density at radius 3 is 2.17 bits per heavy atom. The van der Waals surface area contributed by atoms with E-state index in [0.29, 0.717) is 18.2 Å². The molecule has 1 saturated heterocycles. The number of hydrogen-bond acceptors (Lipinski definition) is 4. The number of benzene rings is 2. The lowest BCUT2D eigenvalue weighted by Gasteiger charge is -2.36. The summed E-state index contributed by atoms with van der Waals surface area (Å²) in [6, 6.07) is 15.4. The molecule has 3 rings (SSSR count). The predicted molar refractivity (Wildman–Crippen MR) is 122 cm³/mol. The van der Waals surface area contributed by atoms with Gasteiger partial charge in [-0.25, -0.2) is 0 Å². The molecule has 2 amide bonds. The minimum Gasteiger partial charge on any atom is -0.369 e.